The number of methoxy groups -OCH3 is 1. The molecule has 1 aromatic heterocycles. The van der Waals surface area contributed by atoms with E-state index >= 15 is 0 Å². The van der Waals surface area contributed by atoms with E-state index in [2.05, 4.69) is 11.9 Å². The van der Waals surface area contributed by atoms with Crippen LogP contribution < -0.4 is 14.8 Å². The van der Waals surface area contributed by atoms with Crippen molar-refractivity contribution in [2.75, 3.05) is 32.2 Å². The number of nitrogens with zero attached hydrogens (tertiary/aromatic N) is 1. The van der Waals surface area contributed by atoms with Crippen LogP contribution in [0.1, 0.15) is 27.2 Å². The maximum absolute atomic E-state index is 13.8. The largest absolute Gasteiger partial charge is 0.493 e. The molecule has 3 aromatic rings. The first-order chi connectivity index (χ1) is 18.5. The van der Waals surface area contributed by atoms with Gasteiger partial charge in [-0.25, -0.2) is 4.79 Å². The molecule has 0 bridgehead atoms. The molecule has 0 aliphatic carbocycles. The highest BCUT2D eigenvalue weighted by Gasteiger charge is 2.30. The number of rotatable bonds is 10. The summed E-state index contributed by atoms with van der Waals surface area (Å²) in [6.45, 7) is 3.99. The minimum Gasteiger partial charge on any atom is -0.493 e. The Bertz CT molecular complexity index is 1290. The van der Waals surface area contributed by atoms with Crippen molar-refractivity contribution in [2.24, 2.45) is 0 Å². The van der Waals surface area contributed by atoms with Crippen molar-refractivity contribution in [1.82, 2.24) is 4.90 Å². The highest BCUT2D eigenvalue weighted by Crippen LogP contribution is 2.36. The van der Waals surface area contributed by atoms with Crippen molar-refractivity contribution >= 4 is 34.6 Å². The van der Waals surface area contributed by atoms with Gasteiger partial charge in [0.15, 0.2) is 11.5 Å². The van der Waals surface area contributed by atoms with Crippen LogP contribution in [0.4, 0.5) is 10.5 Å². The van der Waals surface area contributed by atoms with E-state index in [1.54, 1.807) is 28.4 Å². The lowest BCUT2D eigenvalue weighted by Crippen LogP contribution is -2.44. The standard InChI is InChI=1S/C29H30N2O6S/c1-3-13-36-29(34)30-24-17-26(37-19-20-8-5-4-6-9-20)25(35-2)16-23(24)28(33)31-12-11-21(15-22(31)18-32)27-10-7-14-38-27/h3-10,14-17,22,32H,1,11-13,18-19H2,2H3,(H,30,34)/t22-/m0/s1. The number of amides is 2. The molecule has 38 heavy (non-hydrogen) atoms. The van der Waals surface area contributed by atoms with Crippen LogP contribution in [0.15, 0.2) is 78.7 Å². The molecule has 198 valence electrons. The summed E-state index contributed by atoms with van der Waals surface area (Å²) in [5.74, 6) is 0.322. The molecule has 0 radical (unpaired) electrons. The minimum absolute atomic E-state index is 0.0115. The first-order valence-corrected chi connectivity index (χ1v) is 13.0. The maximum atomic E-state index is 13.8. The third-order valence-electron chi connectivity index (χ3n) is 6.04. The van der Waals surface area contributed by atoms with E-state index in [4.69, 9.17) is 14.2 Å². The summed E-state index contributed by atoms with van der Waals surface area (Å²) < 4.78 is 16.6. The zero-order chi connectivity index (χ0) is 26.9. The van der Waals surface area contributed by atoms with Gasteiger partial charge in [0.1, 0.15) is 13.2 Å². The highest BCUT2D eigenvalue weighted by atomic mass is 32.1. The molecule has 0 spiro atoms. The minimum atomic E-state index is -0.740. The van der Waals surface area contributed by atoms with E-state index in [1.165, 1.54) is 13.2 Å². The molecule has 2 heterocycles. The monoisotopic (exact) mass is 534 g/mol. The van der Waals surface area contributed by atoms with Gasteiger partial charge in [0.25, 0.3) is 5.91 Å². The zero-order valence-corrected chi connectivity index (χ0v) is 21.9. The number of carbonyl (C=O) groups is 2. The van der Waals surface area contributed by atoms with Gasteiger partial charge in [0, 0.05) is 17.5 Å². The number of anilines is 1. The van der Waals surface area contributed by atoms with Gasteiger partial charge in [-0.15, -0.1) is 11.3 Å². The van der Waals surface area contributed by atoms with E-state index in [0.717, 1.165) is 16.0 Å². The summed E-state index contributed by atoms with van der Waals surface area (Å²) in [5, 5.41) is 14.8. The Morgan fingerprint density at radius 3 is 2.68 bits per heavy atom. The zero-order valence-electron chi connectivity index (χ0n) is 21.1. The fourth-order valence-corrected chi connectivity index (χ4v) is 4.95. The number of hydrogen-bond acceptors (Lipinski definition) is 7. The summed E-state index contributed by atoms with van der Waals surface area (Å²) >= 11 is 1.62. The normalized spacial score (nSPS) is 14.8. The molecule has 2 aromatic carbocycles. The lowest BCUT2D eigenvalue weighted by atomic mass is 9.99. The lowest BCUT2D eigenvalue weighted by Gasteiger charge is -2.34. The van der Waals surface area contributed by atoms with E-state index in [-0.39, 0.29) is 37.0 Å². The Hall–Kier alpha value is -4.08. The van der Waals surface area contributed by atoms with E-state index < -0.39 is 12.1 Å². The van der Waals surface area contributed by atoms with Gasteiger partial charge < -0.3 is 24.2 Å². The quantitative estimate of drug-likeness (QED) is 0.340. The van der Waals surface area contributed by atoms with Crippen molar-refractivity contribution < 1.29 is 28.9 Å². The topological polar surface area (TPSA) is 97.3 Å². The molecule has 0 fully saturated rings. The van der Waals surface area contributed by atoms with Crippen LogP contribution in [-0.4, -0.2) is 54.9 Å². The van der Waals surface area contributed by atoms with Crippen molar-refractivity contribution in [1.29, 1.82) is 0 Å². The third-order valence-corrected chi connectivity index (χ3v) is 6.99. The number of hydrogen-bond donors (Lipinski definition) is 2. The van der Waals surface area contributed by atoms with Crippen molar-refractivity contribution in [3.05, 3.63) is 94.7 Å². The Morgan fingerprint density at radius 1 is 1.18 bits per heavy atom. The fraction of sp³-hybridized carbons (Fsp3) is 0.241. The second-order valence-electron chi connectivity index (χ2n) is 8.50. The Morgan fingerprint density at radius 2 is 2.00 bits per heavy atom. The van der Waals surface area contributed by atoms with Crippen LogP contribution in [0, 0.1) is 0 Å². The predicted molar refractivity (Wildman–Crippen MR) is 148 cm³/mol. The molecule has 2 N–H and O–H groups in total. The fourth-order valence-electron chi connectivity index (χ4n) is 4.17. The lowest BCUT2D eigenvalue weighted by molar-refractivity contribution is 0.0648. The van der Waals surface area contributed by atoms with Crippen LogP contribution >= 0.6 is 11.3 Å². The van der Waals surface area contributed by atoms with Gasteiger partial charge in [-0.1, -0.05) is 55.1 Å². The number of thiophene rings is 1. The van der Waals surface area contributed by atoms with Gasteiger partial charge in [-0.3, -0.25) is 10.1 Å². The number of aliphatic hydroxyl groups is 1. The third kappa shape index (κ3) is 6.42. The molecule has 0 saturated carbocycles. The smallest absolute Gasteiger partial charge is 0.411 e. The van der Waals surface area contributed by atoms with Crippen molar-refractivity contribution in [3.63, 3.8) is 0 Å². The molecule has 1 aliphatic heterocycles. The SMILES string of the molecule is C=CCOC(=O)Nc1cc(OCc2ccccc2)c(OC)cc1C(=O)N1CCC(c2cccs2)=C[C@H]1CO. The van der Waals surface area contributed by atoms with Crippen LogP contribution in [0.2, 0.25) is 0 Å². The molecule has 4 rings (SSSR count). The molecular weight excluding hydrogens is 504 g/mol. The molecule has 1 atom stereocenters. The summed E-state index contributed by atoms with van der Waals surface area (Å²) in [5.41, 5.74) is 2.44. The molecule has 2 amide bonds. The Kier molecular flexibility index (Phi) is 9.18. The predicted octanol–water partition coefficient (Wildman–Crippen LogP) is 5.36. The molecule has 0 saturated heterocycles. The first kappa shape index (κ1) is 27.0. The van der Waals surface area contributed by atoms with E-state index in [9.17, 15) is 14.7 Å². The average Bonchev–Trinajstić information content (AvgIpc) is 3.50. The molecular formula is C29H30N2O6S. The molecule has 0 unspecified atom stereocenters. The van der Waals surface area contributed by atoms with E-state index in [0.29, 0.717) is 24.5 Å². The summed E-state index contributed by atoms with van der Waals surface area (Å²) in [7, 11) is 1.48. The Labute approximate surface area is 225 Å². The van der Waals surface area contributed by atoms with Gasteiger partial charge in [-0.2, -0.15) is 0 Å². The maximum Gasteiger partial charge on any atom is 0.411 e. The number of carbonyl (C=O) groups excluding carboxylic acids is 2. The van der Waals surface area contributed by atoms with Crippen LogP contribution in [-0.2, 0) is 11.3 Å². The van der Waals surface area contributed by atoms with Gasteiger partial charge in [-0.05, 0) is 35.1 Å². The highest BCUT2D eigenvalue weighted by molar-refractivity contribution is 7.11. The van der Waals surface area contributed by atoms with Gasteiger partial charge in [0.05, 0.1) is 31.0 Å². The molecule has 9 heteroatoms. The average molecular weight is 535 g/mol. The summed E-state index contributed by atoms with van der Waals surface area (Å²) in [4.78, 5) is 29.0. The van der Waals surface area contributed by atoms with Crippen molar-refractivity contribution in [3.8, 4) is 11.5 Å². The summed E-state index contributed by atoms with van der Waals surface area (Å²) in [6, 6.07) is 16.2. The van der Waals surface area contributed by atoms with Gasteiger partial charge in [0.2, 0.25) is 0 Å². The molecule has 1 aliphatic rings. The van der Waals surface area contributed by atoms with Crippen LogP contribution in [0.5, 0.6) is 11.5 Å². The van der Waals surface area contributed by atoms with Gasteiger partial charge >= 0.3 is 6.09 Å². The van der Waals surface area contributed by atoms with Crippen LogP contribution in [0.25, 0.3) is 5.57 Å². The number of ether oxygens (including phenoxy) is 3. The van der Waals surface area contributed by atoms with Crippen LogP contribution in [0.3, 0.4) is 0 Å². The molecule has 8 nitrogen and oxygen atoms in total. The first-order valence-electron chi connectivity index (χ1n) is 12.1. The number of aliphatic hydroxyl groups excluding tert-OH is 1. The van der Waals surface area contributed by atoms with E-state index in [1.807, 2.05) is 53.9 Å². The number of nitrogens with one attached hydrogen (secondary N) is 1. The second kappa shape index (κ2) is 12.9. The number of benzene rings is 2. The van der Waals surface area contributed by atoms with Crippen molar-refractivity contribution in [2.45, 2.75) is 19.1 Å². The second-order valence-corrected chi connectivity index (χ2v) is 9.45. The summed E-state index contributed by atoms with van der Waals surface area (Å²) in [6.07, 6.45) is 3.27. The Balaban J connectivity index is 1.65.